The van der Waals surface area contributed by atoms with Gasteiger partial charge in [0.25, 0.3) is 0 Å². The van der Waals surface area contributed by atoms with Crippen LogP contribution < -0.4 is 11.1 Å². The predicted molar refractivity (Wildman–Crippen MR) is 224 cm³/mol. The highest BCUT2D eigenvalue weighted by atomic mass is 16.5. The lowest BCUT2D eigenvalue weighted by Crippen LogP contribution is -2.49. The third-order valence-electron chi connectivity index (χ3n) is 9.93. The lowest BCUT2D eigenvalue weighted by molar-refractivity contribution is -0.138. The van der Waals surface area contributed by atoms with E-state index in [0.29, 0.717) is 49.1 Å². The number of aldehydes is 1. The highest BCUT2D eigenvalue weighted by Crippen LogP contribution is 2.24. The van der Waals surface area contributed by atoms with Crippen molar-refractivity contribution in [3.05, 3.63) is 48.2 Å². The molecule has 0 aliphatic carbocycles. The Hall–Kier alpha value is -2.83. The molecule has 0 aromatic heterocycles. The van der Waals surface area contributed by atoms with Gasteiger partial charge in [0, 0.05) is 45.8 Å². The van der Waals surface area contributed by atoms with E-state index in [1.54, 1.807) is 19.1 Å². The monoisotopic (exact) mass is 764 g/mol. The highest BCUT2D eigenvalue weighted by molar-refractivity contribution is 5.77. The molecule has 1 saturated heterocycles. The second kappa shape index (κ2) is 29.5. The number of carbonyl (C=O) groups excluding carboxylic acids is 3. The number of carbonyl (C=O) groups is 3. The number of likely N-dealkylation sites (tertiary alicyclic amines) is 1. The first-order valence-electron chi connectivity index (χ1n) is 20.0. The Morgan fingerprint density at radius 1 is 1.04 bits per heavy atom. The zero-order chi connectivity index (χ0) is 42.1. The number of methoxy groups -OCH3 is 2. The standard InChI is InChI=1S/C18H28N2O3.C15H29NO3.C8H18N2.C2H6/c1-13(18(22)14-8-5-4-6-9-14)19-17(21)12-16(23-3)15-10-7-11-20(15)2;1-7-12(4)15(13(19-6)8-9-17)16(5)14(18)10-11(2)3;1-6(2)8(7(3)9)10(4)5;1-2/h4-6,8-9,13,15-16,18,22H,7,10-12H2,1-3H3,(H,19,21);9,11-13,15H,7-8,10H2,1-6H3;6,8H,3,9H2,1-2,4-5H3;1-2H3/t13-,15?,16?,18?;;;/m1.../s1. The number of aliphatic hydroxyl groups excluding tert-OH is 1. The van der Waals surface area contributed by atoms with E-state index in [4.69, 9.17) is 15.2 Å². The SMILES string of the molecule is C=C(N)C(C(C)C)N(C)C.CC.CCC(C)C(C(CC=O)OC)N(C)C(=O)CC(C)C.COC(CC(=O)N[C@H](C)C(O)c1ccccc1)C1CCCN1C. The summed E-state index contributed by atoms with van der Waals surface area (Å²) in [5.41, 5.74) is 7.16. The Morgan fingerprint density at radius 3 is 1.98 bits per heavy atom. The van der Waals surface area contributed by atoms with Crippen LogP contribution in [0.25, 0.3) is 0 Å². The van der Waals surface area contributed by atoms with Crippen LogP contribution in [0.15, 0.2) is 42.6 Å². The number of hydrogen-bond acceptors (Lipinski definition) is 9. The van der Waals surface area contributed by atoms with Crippen LogP contribution in [0.4, 0.5) is 0 Å². The molecule has 2 rings (SSSR count). The zero-order valence-electron chi connectivity index (χ0n) is 36.8. The van der Waals surface area contributed by atoms with Crippen LogP contribution >= 0.6 is 0 Å². The fourth-order valence-corrected chi connectivity index (χ4v) is 7.02. The molecule has 314 valence electrons. The van der Waals surface area contributed by atoms with Gasteiger partial charge in [-0.1, -0.05) is 98.7 Å². The lowest BCUT2D eigenvalue weighted by atomic mass is 9.91. The first-order valence-corrected chi connectivity index (χ1v) is 20.0. The molecule has 0 radical (unpaired) electrons. The third-order valence-corrected chi connectivity index (χ3v) is 9.93. The molecule has 1 aliphatic heterocycles. The molecule has 1 aromatic rings. The Kier molecular flexibility index (Phi) is 29.1. The largest absolute Gasteiger partial charge is 0.401 e. The molecule has 11 heteroatoms. The molecule has 0 bridgehead atoms. The quantitative estimate of drug-likeness (QED) is 0.139. The van der Waals surface area contributed by atoms with E-state index < -0.39 is 6.10 Å². The number of aliphatic hydroxyl groups is 1. The number of nitrogens with zero attached hydrogens (tertiary/aromatic N) is 3. The summed E-state index contributed by atoms with van der Waals surface area (Å²) in [6.45, 7) is 23.1. The number of likely N-dealkylation sites (N-methyl/N-ethyl adjacent to an activating group) is 3. The van der Waals surface area contributed by atoms with Crippen molar-refractivity contribution in [3.8, 4) is 0 Å². The number of amides is 2. The number of rotatable bonds is 19. The van der Waals surface area contributed by atoms with E-state index in [9.17, 15) is 19.5 Å². The van der Waals surface area contributed by atoms with Gasteiger partial charge in [0.1, 0.15) is 6.29 Å². The molecular weight excluding hydrogens is 683 g/mol. The van der Waals surface area contributed by atoms with Gasteiger partial charge in [-0.15, -0.1) is 0 Å². The van der Waals surface area contributed by atoms with Crippen LogP contribution in [-0.4, -0.2) is 123 Å². The molecule has 0 saturated carbocycles. The minimum atomic E-state index is -0.713. The van der Waals surface area contributed by atoms with Gasteiger partial charge in [0.05, 0.1) is 42.9 Å². The van der Waals surface area contributed by atoms with Crippen LogP contribution in [0.3, 0.4) is 0 Å². The molecule has 7 unspecified atom stereocenters. The van der Waals surface area contributed by atoms with Crippen LogP contribution in [0.2, 0.25) is 0 Å². The molecule has 0 spiro atoms. The maximum atomic E-state index is 12.3. The van der Waals surface area contributed by atoms with Crippen molar-refractivity contribution in [1.82, 2.24) is 20.0 Å². The molecule has 8 atom stereocenters. The van der Waals surface area contributed by atoms with E-state index in [1.807, 2.05) is 86.1 Å². The smallest absolute Gasteiger partial charge is 0.222 e. The minimum absolute atomic E-state index is 0.0496. The maximum Gasteiger partial charge on any atom is 0.222 e. The fraction of sp³-hybridized carbons (Fsp3) is 0.744. The maximum absolute atomic E-state index is 12.3. The second-order valence-electron chi connectivity index (χ2n) is 15.3. The van der Waals surface area contributed by atoms with Gasteiger partial charge in [-0.2, -0.15) is 0 Å². The van der Waals surface area contributed by atoms with E-state index in [1.165, 1.54) is 0 Å². The van der Waals surface area contributed by atoms with Gasteiger partial charge in [-0.3, -0.25) is 9.59 Å². The second-order valence-corrected chi connectivity index (χ2v) is 15.3. The molecule has 1 aromatic carbocycles. The summed E-state index contributed by atoms with van der Waals surface area (Å²) in [5.74, 6) is 1.20. The Bertz CT molecular complexity index is 1140. The van der Waals surface area contributed by atoms with Crippen molar-refractivity contribution < 1.29 is 29.0 Å². The van der Waals surface area contributed by atoms with Gasteiger partial charge in [-0.25, -0.2) is 0 Å². The summed E-state index contributed by atoms with van der Waals surface area (Å²) in [7, 11) is 11.2. The average molecular weight is 764 g/mol. The summed E-state index contributed by atoms with van der Waals surface area (Å²) >= 11 is 0. The predicted octanol–water partition coefficient (Wildman–Crippen LogP) is 6.30. The molecular formula is C43H81N5O6. The minimum Gasteiger partial charge on any atom is -0.401 e. The van der Waals surface area contributed by atoms with Crippen LogP contribution in [0, 0.1) is 17.8 Å². The third kappa shape index (κ3) is 19.7. The average Bonchev–Trinajstić information content (AvgIpc) is 3.55. The molecule has 2 amide bonds. The summed E-state index contributed by atoms with van der Waals surface area (Å²) in [4.78, 5) is 41.4. The highest BCUT2D eigenvalue weighted by Gasteiger charge is 2.33. The van der Waals surface area contributed by atoms with Gasteiger partial charge < -0.3 is 45.1 Å². The number of ether oxygens (including phenoxy) is 2. The number of nitrogens with one attached hydrogen (secondary N) is 1. The summed E-state index contributed by atoms with van der Waals surface area (Å²) in [5, 5.41) is 13.2. The number of hydrogen-bond donors (Lipinski definition) is 3. The fourth-order valence-electron chi connectivity index (χ4n) is 7.02. The van der Waals surface area contributed by atoms with Gasteiger partial charge >= 0.3 is 0 Å². The first kappa shape index (κ1) is 53.3. The van der Waals surface area contributed by atoms with Crippen LogP contribution in [0.1, 0.15) is 113 Å². The van der Waals surface area contributed by atoms with Crippen molar-refractivity contribution in [3.63, 3.8) is 0 Å². The van der Waals surface area contributed by atoms with Crippen LogP contribution in [-0.2, 0) is 23.9 Å². The van der Waals surface area contributed by atoms with Crippen molar-refractivity contribution in [2.24, 2.45) is 23.5 Å². The topological polar surface area (TPSA) is 138 Å². The number of benzene rings is 1. The molecule has 11 nitrogen and oxygen atoms in total. The molecule has 4 N–H and O–H groups in total. The Labute approximate surface area is 330 Å². The lowest BCUT2D eigenvalue weighted by Gasteiger charge is -2.37. The number of nitrogens with two attached hydrogens (primary N) is 1. The van der Waals surface area contributed by atoms with Crippen molar-refractivity contribution in [2.45, 2.75) is 143 Å². The Balaban J connectivity index is 0. The summed E-state index contributed by atoms with van der Waals surface area (Å²) < 4.78 is 11.0. The first-order chi connectivity index (χ1) is 25.4. The normalized spacial score (nSPS) is 17.9. The van der Waals surface area contributed by atoms with Crippen LogP contribution in [0.5, 0.6) is 0 Å². The van der Waals surface area contributed by atoms with Gasteiger partial charge in [0.15, 0.2) is 0 Å². The van der Waals surface area contributed by atoms with E-state index in [0.717, 1.165) is 43.4 Å². The van der Waals surface area contributed by atoms with Crippen molar-refractivity contribution in [1.29, 1.82) is 0 Å². The van der Waals surface area contributed by atoms with E-state index in [2.05, 4.69) is 56.4 Å². The van der Waals surface area contributed by atoms with E-state index >= 15 is 0 Å². The summed E-state index contributed by atoms with van der Waals surface area (Å²) in [6, 6.07) is 9.59. The van der Waals surface area contributed by atoms with Gasteiger partial charge in [0.2, 0.25) is 11.8 Å². The molecule has 1 aliphatic rings. The zero-order valence-corrected chi connectivity index (χ0v) is 36.8. The van der Waals surface area contributed by atoms with Crippen molar-refractivity contribution in [2.75, 3.05) is 49.0 Å². The van der Waals surface area contributed by atoms with Gasteiger partial charge in [-0.05, 0) is 70.8 Å². The molecule has 1 heterocycles. The van der Waals surface area contributed by atoms with E-state index in [-0.39, 0.29) is 36.1 Å². The molecule has 1 fully saturated rings. The summed E-state index contributed by atoms with van der Waals surface area (Å²) in [6.07, 6.45) is 4.14. The van der Waals surface area contributed by atoms with Crippen molar-refractivity contribution >= 4 is 18.1 Å². The molecule has 54 heavy (non-hydrogen) atoms. The Morgan fingerprint density at radius 2 is 1.61 bits per heavy atom.